The normalized spacial score (nSPS) is 11.6. The van der Waals surface area contributed by atoms with Crippen molar-refractivity contribution in [2.45, 2.75) is 0 Å². The Hall–Kier alpha value is 0.580. The quantitative estimate of drug-likeness (QED) is 0.560. The van der Waals surface area contributed by atoms with E-state index in [0.717, 1.165) is 0 Å². The van der Waals surface area contributed by atoms with Crippen molar-refractivity contribution in [2.24, 2.45) is 4.52 Å². The first kappa shape index (κ1) is 7.58. The molecule has 41 valence electrons. The van der Waals surface area contributed by atoms with Crippen molar-refractivity contribution in [3.8, 4) is 0 Å². The lowest BCUT2D eigenvalue weighted by Crippen LogP contribution is -1.95. The van der Waals surface area contributed by atoms with Gasteiger partial charge in [-0.1, -0.05) is 0 Å². The standard InChI is InChI=1S/C2H7N2P2S/c1-4(2)6(7)3-5/h5H,1-2H3. The second-order valence-corrected chi connectivity index (χ2v) is 4.29. The zero-order valence-corrected chi connectivity index (χ0v) is 6.96. The van der Waals surface area contributed by atoms with Crippen molar-refractivity contribution in [3.05, 3.63) is 0 Å². The molecule has 5 heteroatoms. The van der Waals surface area contributed by atoms with Crippen LogP contribution in [0.15, 0.2) is 4.52 Å². The summed E-state index contributed by atoms with van der Waals surface area (Å²) >= 11 is 4.84. The Balaban J connectivity index is 3.56. The molecule has 1 atom stereocenters. The molecule has 0 spiro atoms. The first-order chi connectivity index (χ1) is 3.18. The van der Waals surface area contributed by atoms with E-state index in [0.29, 0.717) is 0 Å². The van der Waals surface area contributed by atoms with Crippen molar-refractivity contribution in [1.29, 1.82) is 0 Å². The maximum absolute atomic E-state index is 4.84. The maximum atomic E-state index is 4.84. The van der Waals surface area contributed by atoms with Gasteiger partial charge in [0, 0.05) is 0 Å². The lowest BCUT2D eigenvalue weighted by atomic mass is 11.3. The van der Waals surface area contributed by atoms with E-state index < -0.39 is 7.00 Å². The topological polar surface area (TPSA) is 15.6 Å². The van der Waals surface area contributed by atoms with Crippen LogP contribution in [-0.4, -0.2) is 18.8 Å². The lowest BCUT2D eigenvalue weighted by molar-refractivity contribution is 0.690. The summed E-state index contributed by atoms with van der Waals surface area (Å²) in [5.41, 5.74) is 0. The minimum Gasteiger partial charge on any atom is -0.244 e. The molecular formula is C2H7N2P2S. The Bertz CT molecular complexity index is 91.7. The summed E-state index contributed by atoms with van der Waals surface area (Å²) in [7, 11) is 6.78. The molecule has 0 aromatic heterocycles. The van der Waals surface area contributed by atoms with Crippen LogP contribution in [0, 0.1) is 0 Å². The van der Waals surface area contributed by atoms with E-state index in [1.165, 1.54) is 0 Å². The van der Waals surface area contributed by atoms with Crippen molar-refractivity contribution >= 4 is 27.8 Å². The van der Waals surface area contributed by atoms with Crippen molar-refractivity contribution in [1.82, 2.24) is 4.67 Å². The van der Waals surface area contributed by atoms with E-state index in [2.05, 4.69) is 13.5 Å². The van der Waals surface area contributed by atoms with Gasteiger partial charge < -0.3 is 0 Å². The van der Waals surface area contributed by atoms with E-state index in [4.69, 9.17) is 11.8 Å². The molecule has 2 nitrogen and oxygen atoms in total. The third-order valence-electron chi connectivity index (χ3n) is 0.428. The zero-order valence-electron chi connectivity index (χ0n) is 4.25. The van der Waals surface area contributed by atoms with Gasteiger partial charge in [0.25, 0.3) is 0 Å². The second kappa shape index (κ2) is 3.57. The average Bonchev–Trinajstić information content (AvgIpc) is 1.65. The Kier molecular flexibility index (Phi) is 3.86. The average molecular weight is 153 g/mol. The highest BCUT2D eigenvalue weighted by atomic mass is 32.4. The SMILES string of the molecule is CN(C)[P](=S)N=P. The first-order valence-electron chi connectivity index (χ1n) is 1.70. The van der Waals surface area contributed by atoms with Crippen LogP contribution >= 0.6 is 16.0 Å². The van der Waals surface area contributed by atoms with E-state index in [-0.39, 0.29) is 0 Å². The summed E-state index contributed by atoms with van der Waals surface area (Å²) in [6, 6.07) is 0. The van der Waals surface area contributed by atoms with Gasteiger partial charge in [-0.3, -0.25) is 0 Å². The summed E-state index contributed by atoms with van der Waals surface area (Å²) in [6.45, 7) is -0.682. The Morgan fingerprint density at radius 2 is 2.14 bits per heavy atom. The van der Waals surface area contributed by atoms with Crippen LogP contribution in [-0.2, 0) is 11.8 Å². The molecule has 0 bridgehead atoms. The van der Waals surface area contributed by atoms with Gasteiger partial charge in [0.15, 0.2) is 0 Å². The van der Waals surface area contributed by atoms with Crippen LogP contribution < -0.4 is 0 Å². The van der Waals surface area contributed by atoms with Crippen LogP contribution in [0.25, 0.3) is 0 Å². The number of nitrogens with zero attached hydrogens (tertiary/aromatic N) is 2. The fourth-order valence-corrected chi connectivity index (χ4v) is 0.805. The monoisotopic (exact) mass is 153 g/mol. The molecule has 0 aliphatic rings. The fourth-order valence-electron chi connectivity index (χ4n) is 0.0894. The largest absolute Gasteiger partial charge is 0.244 e. The molecule has 7 heavy (non-hydrogen) atoms. The van der Waals surface area contributed by atoms with Gasteiger partial charge in [0.1, 0.15) is 7.00 Å². The van der Waals surface area contributed by atoms with Gasteiger partial charge in [-0.2, -0.15) is 4.52 Å². The molecule has 0 amide bonds. The number of rotatable bonds is 2. The number of hydrogen-bond donors (Lipinski definition) is 0. The van der Waals surface area contributed by atoms with Crippen LogP contribution in [0.5, 0.6) is 0 Å². The zero-order chi connectivity index (χ0) is 5.86. The maximum Gasteiger partial charge on any atom is 0.118 e. The minimum absolute atomic E-state index is 0.682. The van der Waals surface area contributed by atoms with Crippen LogP contribution in [0.2, 0.25) is 0 Å². The van der Waals surface area contributed by atoms with Crippen molar-refractivity contribution in [3.63, 3.8) is 0 Å². The Morgan fingerprint density at radius 3 is 2.14 bits per heavy atom. The molecule has 0 aliphatic heterocycles. The third-order valence-corrected chi connectivity index (χ3v) is 3.51. The lowest BCUT2D eigenvalue weighted by Gasteiger charge is -2.02. The summed E-state index contributed by atoms with van der Waals surface area (Å²) in [4.78, 5) is 0. The molecule has 0 aliphatic carbocycles. The van der Waals surface area contributed by atoms with Gasteiger partial charge in [0.2, 0.25) is 0 Å². The highest BCUT2D eigenvalue weighted by Crippen LogP contribution is 2.25. The third kappa shape index (κ3) is 3.19. The van der Waals surface area contributed by atoms with Crippen LogP contribution in [0.1, 0.15) is 0 Å². The predicted molar refractivity (Wildman–Crippen MR) is 38.7 cm³/mol. The highest BCUT2D eigenvalue weighted by molar-refractivity contribution is 8.03. The van der Waals surface area contributed by atoms with Gasteiger partial charge in [-0.15, -0.1) is 0 Å². The van der Waals surface area contributed by atoms with Gasteiger partial charge >= 0.3 is 0 Å². The molecule has 0 saturated heterocycles. The molecule has 1 radical (unpaired) electrons. The summed E-state index contributed by atoms with van der Waals surface area (Å²) < 4.78 is 5.59. The highest BCUT2D eigenvalue weighted by Gasteiger charge is 1.88. The van der Waals surface area contributed by atoms with Crippen molar-refractivity contribution in [2.75, 3.05) is 14.1 Å². The Morgan fingerprint density at radius 1 is 1.71 bits per heavy atom. The molecular weight excluding hydrogens is 146 g/mol. The van der Waals surface area contributed by atoms with Gasteiger partial charge in [-0.25, -0.2) is 4.67 Å². The summed E-state index contributed by atoms with van der Waals surface area (Å²) in [5.74, 6) is 0. The van der Waals surface area contributed by atoms with Crippen molar-refractivity contribution < 1.29 is 0 Å². The van der Waals surface area contributed by atoms with Crippen LogP contribution in [0.3, 0.4) is 0 Å². The Labute approximate surface area is 51.7 Å². The molecule has 0 rings (SSSR count). The van der Waals surface area contributed by atoms with Crippen LogP contribution in [0.4, 0.5) is 0 Å². The molecule has 1 unspecified atom stereocenters. The second-order valence-electron chi connectivity index (χ2n) is 1.20. The first-order valence-corrected chi connectivity index (χ1v) is 4.41. The molecule has 0 fully saturated rings. The molecule has 0 saturated carbocycles. The molecule has 0 aromatic rings. The molecule has 0 heterocycles. The number of hydrogen-bond acceptors (Lipinski definition) is 1. The fraction of sp³-hybridized carbons (Fsp3) is 1.00. The smallest absolute Gasteiger partial charge is 0.118 e. The van der Waals surface area contributed by atoms with E-state index in [1.807, 2.05) is 18.8 Å². The molecule has 0 N–H and O–H groups in total. The van der Waals surface area contributed by atoms with E-state index >= 15 is 0 Å². The van der Waals surface area contributed by atoms with E-state index in [1.54, 1.807) is 0 Å². The van der Waals surface area contributed by atoms with Gasteiger partial charge in [0.05, 0.1) is 0 Å². The predicted octanol–water partition coefficient (Wildman–Crippen LogP) is 1.65. The van der Waals surface area contributed by atoms with E-state index in [9.17, 15) is 0 Å². The summed E-state index contributed by atoms with van der Waals surface area (Å²) in [6.07, 6.45) is 0. The minimum atomic E-state index is -0.682. The van der Waals surface area contributed by atoms with Gasteiger partial charge in [-0.05, 0) is 34.9 Å². The molecule has 0 aromatic carbocycles. The summed E-state index contributed by atoms with van der Waals surface area (Å²) in [5, 5.41) is 0.